The molecule has 0 saturated heterocycles. The molecule has 0 amide bonds. The molecule has 19 heavy (non-hydrogen) atoms. The molecule has 0 spiro atoms. The van der Waals surface area contributed by atoms with Gasteiger partial charge in [0.25, 0.3) is 0 Å². The summed E-state index contributed by atoms with van der Waals surface area (Å²) < 4.78 is 0. The number of fused-ring (bicyclic) bond motifs is 1. The molecule has 0 radical (unpaired) electrons. The van der Waals surface area contributed by atoms with Crippen molar-refractivity contribution >= 4 is 28.1 Å². The van der Waals surface area contributed by atoms with Crippen molar-refractivity contribution in [3.63, 3.8) is 0 Å². The summed E-state index contributed by atoms with van der Waals surface area (Å²) in [6.07, 6.45) is 3.36. The summed E-state index contributed by atoms with van der Waals surface area (Å²) in [5.74, 6) is 0.520. The minimum Gasteiger partial charge on any atom is -0.382 e. The highest BCUT2D eigenvalue weighted by atomic mass is 14.9. The Kier molecular flexibility index (Phi) is 4.15. The monoisotopic (exact) mass is 255 g/mol. The van der Waals surface area contributed by atoms with E-state index in [1.807, 2.05) is 18.2 Å². The fraction of sp³-hybridized carbons (Fsp3) is 0.375. The Morgan fingerprint density at radius 2 is 2.05 bits per heavy atom. The first kappa shape index (κ1) is 13.5. The van der Waals surface area contributed by atoms with Crippen LogP contribution in [0.2, 0.25) is 0 Å². The van der Waals surface area contributed by atoms with Crippen LogP contribution in [0.25, 0.3) is 10.9 Å². The molecule has 3 heteroatoms. The van der Waals surface area contributed by atoms with E-state index in [1.165, 1.54) is 6.42 Å². The van der Waals surface area contributed by atoms with E-state index in [0.29, 0.717) is 5.82 Å². The van der Waals surface area contributed by atoms with Crippen LogP contribution in [0.1, 0.15) is 38.7 Å². The van der Waals surface area contributed by atoms with Gasteiger partial charge in [-0.1, -0.05) is 31.5 Å². The molecule has 2 N–H and O–H groups in total. The van der Waals surface area contributed by atoms with E-state index in [9.17, 15) is 0 Å². The van der Waals surface area contributed by atoms with Gasteiger partial charge in [-0.2, -0.15) is 0 Å². The lowest BCUT2D eigenvalue weighted by Crippen LogP contribution is -1.97. The fourth-order valence-electron chi connectivity index (χ4n) is 2.21. The SMILES string of the molecule is CCCC/C(C)=N/c1c(N)nc2ccccc2c1C. The highest BCUT2D eigenvalue weighted by Crippen LogP contribution is 2.31. The number of nitrogens with two attached hydrogens (primary N) is 1. The van der Waals surface area contributed by atoms with Crippen molar-refractivity contribution in [1.29, 1.82) is 0 Å². The summed E-state index contributed by atoms with van der Waals surface area (Å²) in [6, 6.07) is 8.04. The third-order valence-corrected chi connectivity index (χ3v) is 3.34. The molecule has 0 saturated carbocycles. The number of hydrogen-bond donors (Lipinski definition) is 1. The van der Waals surface area contributed by atoms with Crippen LogP contribution < -0.4 is 5.73 Å². The Bertz CT molecular complexity index is 615. The Morgan fingerprint density at radius 3 is 2.79 bits per heavy atom. The lowest BCUT2D eigenvalue weighted by molar-refractivity contribution is 0.833. The van der Waals surface area contributed by atoms with E-state index in [4.69, 9.17) is 5.73 Å². The summed E-state index contributed by atoms with van der Waals surface area (Å²) in [7, 11) is 0. The third-order valence-electron chi connectivity index (χ3n) is 3.34. The molecule has 1 aromatic carbocycles. The Hall–Kier alpha value is -1.90. The predicted octanol–water partition coefficient (Wildman–Crippen LogP) is 4.41. The summed E-state index contributed by atoms with van der Waals surface area (Å²) in [5.41, 5.74) is 10.0. The van der Waals surface area contributed by atoms with Crippen LogP contribution in [0, 0.1) is 6.92 Å². The maximum Gasteiger partial charge on any atom is 0.150 e. The standard InChI is InChI=1S/C16H21N3/c1-4-5-8-11(2)18-15-12(3)13-9-6-7-10-14(13)19-16(15)17/h6-7,9-10H,4-5,8H2,1-3H3,(H2,17,19)/b18-11+. The van der Waals surface area contributed by atoms with Crippen LogP contribution in [0.15, 0.2) is 29.3 Å². The minimum atomic E-state index is 0.520. The van der Waals surface area contributed by atoms with E-state index < -0.39 is 0 Å². The van der Waals surface area contributed by atoms with E-state index >= 15 is 0 Å². The van der Waals surface area contributed by atoms with Crippen LogP contribution in [0.4, 0.5) is 11.5 Å². The lowest BCUT2D eigenvalue weighted by atomic mass is 10.1. The van der Waals surface area contributed by atoms with Gasteiger partial charge in [0.2, 0.25) is 0 Å². The van der Waals surface area contributed by atoms with Crippen LogP contribution >= 0.6 is 0 Å². The average molecular weight is 255 g/mol. The number of nitrogen functional groups attached to an aromatic ring is 1. The maximum absolute atomic E-state index is 6.05. The van der Waals surface area contributed by atoms with Gasteiger partial charge in [0.15, 0.2) is 0 Å². The van der Waals surface area contributed by atoms with Crippen molar-refractivity contribution in [3.8, 4) is 0 Å². The zero-order chi connectivity index (χ0) is 13.8. The normalized spacial score (nSPS) is 12.1. The average Bonchev–Trinajstić information content (AvgIpc) is 2.41. The van der Waals surface area contributed by atoms with E-state index in [-0.39, 0.29) is 0 Å². The molecule has 2 rings (SSSR count). The van der Waals surface area contributed by atoms with Crippen molar-refractivity contribution in [3.05, 3.63) is 29.8 Å². The molecule has 0 aliphatic heterocycles. The number of aliphatic imine (C=N–C) groups is 1. The third kappa shape index (κ3) is 2.92. The molecule has 2 aromatic rings. The molecule has 1 aromatic heterocycles. The van der Waals surface area contributed by atoms with Crippen LogP contribution in [0.5, 0.6) is 0 Å². The van der Waals surface area contributed by atoms with Crippen molar-refractivity contribution in [2.75, 3.05) is 5.73 Å². The molecule has 0 atom stereocenters. The molecule has 0 bridgehead atoms. The first-order valence-corrected chi connectivity index (χ1v) is 6.82. The number of nitrogens with zero attached hydrogens (tertiary/aromatic N) is 2. The minimum absolute atomic E-state index is 0.520. The largest absolute Gasteiger partial charge is 0.382 e. The molecular formula is C16H21N3. The molecular weight excluding hydrogens is 234 g/mol. The topological polar surface area (TPSA) is 51.3 Å². The molecule has 0 aliphatic rings. The lowest BCUT2D eigenvalue weighted by Gasteiger charge is -2.09. The van der Waals surface area contributed by atoms with Crippen molar-refractivity contribution in [2.24, 2.45) is 4.99 Å². The van der Waals surface area contributed by atoms with Gasteiger partial charge in [0, 0.05) is 11.1 Å². The molecule has 0 unspecified atom stereocenters. The Labute approximate surface area is 114 Å². The molecule has 0 fully saturated rings. The molecule has 0 aliphatic carbocycles. The molecule has 3 nitrogen and oxygen atoms in total. The summed E-state index contributed by atoms with van der Waals surface area (Å²) in [6.45, 7) is 6.31. The van der Waals surface area contributed by atoms with Gasteiger partial charge in [-0.05, 0) is 38.3 Å². The van der Waals surface area contributed by atoms with E-state index in [1.54, 1.807) is 0 Å². The number of pyridine rings is 1. The second-order valence-electron chi connectivity index (χ2n) is 4.94. The first-order chi connectivity index (χ1) is 9.13. The van der Waals surface area contributed by atoms with Gasteiger partial charge in [0.05, 0.1) is 5.52 Å². The molecule has 1 heterocycles. The number of aromatic nitrogens is 1. The number of anilines is 1. The number of hydrogen-bond acceptors (Lipinski definition) is 3. The van der Waals surface area contributed by atoms with E-state index in [0.717, 1.165) is 40.7 Å². The summed E-state index contributed by atoms with van der Waals surface area (Å²) in [5, 5.41) is 1.12. The van der Waals surface area contributed by atoms with Gasteiger partial charge in [0.1, 0.15) is 11.5 Å². The number of aryl methyl sites for hydroxylation is 1. The highest BCUT2D eigenvalue weighted by Gasteiger charge is 2.09. The second-order valence-corrected chi connectivity index (χ2v) is 4.94. The van der Waals surface area contributed by atoms with E-state index in [2.05, 4.69) is 36.8 Å². The predicted molar refractivity (Wildman–Crippen MR) is 83.2 cm³/mol. The van der Waals surface area contributed by atoms with Crippen LogP contribution in [0.3, 0.4) is 0 Å². The van der Waals surface area contributed by atoms with Gasteiger partial charge < -0.3 is 5.73 Å². The van der Waals surface area contributed by atoms with Gasteiger partial charge in [-0.3, -0.25) is 4.99 Å². The summed E-state index contributed by atoms with van der Waals surface area (Å²) >= 11 is 0. The van der Waals surface area contributed by atoms with Crippen molar-refractivity contribution < 1.29 is 0 Å². The fourth-order valence-corrected chi connectivity index (χ4v) is 2.21. The number of para-hydroxylation sites is 1. The van der Waals surface area contributed by atoms with Gasteiger partial charge >= 0.3 is 0 Å². The zero-order valence-electron chi connectivity index (χ0n) is 11.9. The summed E-state index contributed by atoms with van der Waals surface area (Å²) in [4.78, 5) is 9.12. The van der Waals surface area contributed by atoms with Crippen LogP contribution in [-0.2, 0) is 0 Å². The second kappa shape index (κ2) is 5.83. The first-order valence-electron chi connectivity index (χ1n) is 6.82. The smallest absolute Gasteiger partial charge is 0.150 e. The number of unbranched alkanes of at least 4 members (excludes halogenated alkanes) is 1. The Morgan fingerprint density at radius 1 is 1.32 bits per heavy atom. The van der Waals surface area contributed by atoms with Crippen LogP contribution in [-0.4, -0.2) is 10.7 Å². The van der Waals surface area contributed by atoms with Crippen molar-refractivity contribution in [1.82, 2.24) is 4.98 Å². The zero-order valence-corrected chi connectivity index (χ0v) is 11.9. The van der Waals surface area contributed by atoms with Crippen molar-refractivity contribution in [2.45, 2.75) is 40.0 Å². The number of benzene rings is 1. The molecule has 100 valence electrons. The highest BCUT2D eigenvalue weighted by molar-refractivity contribution is 5.93. The quantitative estimate of drug-likeness (QED) is 0.823. The Balaban J connectivity index is 2.48. The van der Waals surface area contributed by atoms with Gasteiger partial charge in [-0.15, -0.1) is 0 Å². The van der Waals surface area contributed by atoms with Gasteiger partial charge in [-0.25, -0.2) is 4.98 Å². The number of rotatable bonds is 4. The maximum atomic E-state index is 6.05.